The van der Waals surface area contributed by atoms with Gasteiger partial charge in [-0.25, -0.2) is 0 Å². The van der Waals surface area contributed by atoms with Crippen molar-refractivity contribution in [2.24, 2.45) is 5.92 Å². The van der Waals surface area contributed by atoms with E-state index in [1.54, 1.807) is 0 Å². The molecule has 0 fully saturated rings. The Labute approximate surface area is 119 Å². The van der Waals surface area contributed by atoms with E-state index in [0.717, 1.165) is 5.92 Å². The highest BCUT2D eigenvalue weighted by atomic mass is 32.5. The van der Waals surface area contributed by atoms with Crippen molar-refractivity contribution in [3.05, 3.63) is 0 Å². The van der Waals surface area contributed by atoms with Gasteiger partial charge in [-0.05, 0) is 29.5 Å². The molecule has 0 aromatic rings. The number of hydrogen-bond acceptors (Lipinski definition) is 2. The van der Waals surface area contributed by atoms with Gasteiger partial charge in [0.2, 0.25) is 0 Å². The molecule has 0 aromatic carbocycles. The summed E-state index contributed by atoms with van der Waals surface area (Å²) in [5.74, 6) is 0.904. The Kier molecular flexibility index (Phi) is 17.5. The molecule has 0 heterocycles. The molecule has 0 unspecified atom stereocenters. The minimum Gasteiger partial charge on any atom is -0.325 e. The molecule has 0 saturated carbocycles. The van der Waals surface area contributed by atoms with Crippen molar-refractivity contribution < 1.29 is 29.4 Å². The zero-order valence-corrected chi connectivity index (χ0v) is 14.2. The maximum absolute atomic E-state index is 7.56. The highest BCUT2D eigenvalue weighted by Crippen LogP contribution is 2.26. The predicted molar refractivity (Wildman–Crippen MR) is 80.9 cm³/mol. The molecule has 10 heteroatoms. The monoisotopic (exact) mass is 342 g/mol. The van der Waals surface area contributed by atoms with E-state index in [1.807, 2.05) is 0 Å². The first-order valence-electron chi connectivity index (χ1n) is 5.34. The van der Waals surface area contributed by atoms with Crippen molar-refractivity contribution in [2.45, 2.75) is 46.5 Å². The predicted octanol–water partition coefficient (Wildman–Crippen LogP) is 1.60. The lowest BCUT2D eigenvalue weighted by Crippen LogP contribution is -1.85. The first-order chi connectivity index (χ1) is 7.77. The number of rotatable bonds is 4. The molecule has 18 heavy (non-hydrogen) atoms. The van der Waals surface area contributed by atoms with E-state index in [1.165, 1.54) is 25.7 Å². The van der Waals surface area contributed by atoms with Crippen LogP contribution >= 0.6 is 13.4 Å². The minimum atomic E-state index is -3.81. The molecular weight excluding hydrogens is 318 g/mol. The number of hydrogen-bond donors (Lipinski definition) is 6. The summed E-state index contributed by atoms with van der Waals surface area (Å²) in [7, 11) is 0. The van der Waals surface area contributed by atoms with Crippen molar-refractivity contribution in [3.63, 3.8) is 0 Å². The molecule has 6 nitrogen and oxygen atoms in total. The largest absolute Gasteiger partial charge is 0.325 e. The van der Waals surface area contributed by atoms with E-state index < -0.39 is 13.4 Å². The molecule has 0 saturated heterocycles. The van der Waals surface area contributed by atoms with Crippen LogP contribution in [0.25, 0.3) is 0 Å². The van der Waals surface area contributed by atoms with E-state index >= 15 is 0 Å². The van der Waals surface area contributed by atoms with Gasteiger partial charge in [0, 0.05) is 0 Å². The number of unbranched alkanes of at least 4 members (excludes halogenated alkanes) is 2. The van der Waals surface area contributed by atoms with Gasteiger partial charge in [0.25, 0.3) is 0 Å². The third kappa shape index (κ3) is 120. The lowest BCUT2D eigenvalue weighted by molar-refractivity contribution is 0.361. The normalized spacial score (nSPS) is 11.2. The second-order valence-corrected chi connectivity index (χ2v) is 8.91. The van der Waals surface area contributed by atoms with Crippen LogP contribution in [0.3, 0.4) is 0 Å². The smallest absolute Gasteiger partial charge is 0.319 e. The van der Waals surface area contributed by atoms with Crippen molar-refractivity contribution in [2.75, 3.05) is 0 Å². The fourth-order valence-corrected chi connectivity index (χ4v) is 0.803. The summed E-state index contributed by atoms with van der Waals surface area (Å²) < 4.78 is 0. The van der Waals surface area contributed by atoms with Gasteiger partial charge >= 0.3 is 13.4 Å². The van der Waals surface area contributed by atoms with Crippen molar-refractivity contribution in [1.29, 1.82) is 0 Å². The Morgan fingerprint density at radius 2 is 1.11 bits per heavy atom. The van der Waals surface area contributed by atoms with Crippen LogP contribution in [-0.2, 0) is 23.6 Å². The van der Waals surface area contributed by atoms with Gasteiger partial charge in [-0.3, -0.25) is 0 Å². The third-order valence-corrected chi connectivity index (χ3v) is 1.39. The van der Waals surface area contributed by atoms with Crippen LogP contribution < -0.4 is 0 Å². The minimum absolute atomic E-state index is 0.904. The molecule has 0 aliphatic heterocycles. The van der Waals surface area contributed by atoms with Crippen LogP contribution in [0, 0.1) is 5.92 Å². The molecule has 0 aromatic heterocycles. The summed E-state index contributed by atoms with van der Waals surface area (Å²) in [6, 6.07) is 0. The first-order valence-corrected chi connectivity index (χ1v) is 10.7. The molecule has 0 spiro atoms. The van der Waals surface area contributed by atoms with Crippen LogP contribution in [0.15, 0.2) is 0 Å². The maximum atomic E-state index is 7.56. The van der Waals surface area contributed by atoms with Crippen molar-refractivity contribution >= 4 is 37.1 Å². The molecule has 0 atom stereocenters. The zero-order valence-electron chi connectivity index (χ0n) is 10.8. The van der Waals surface area contributed by atoms with Gasteiger partial charge in [-0.15, -0.1) is 0 Å². The van der Waals surface area contributed by atoms with Crippen LogP contribution in [0.5, 0.6) is 0 Å². The second kappa shape index (κ2) is 13.1. The van der Waals surface area contributed by atoms with Gasteiger partial charge in [-0.2, -0.15) is 0 Å². The zero-order chi connectivity index (χ0) is 15.4. The Morgan fingerprint density at radius 3 is 1.28 bits per heavy atom. The molecule has 0 rings (SSSR count). The molecule has 0 amide bonds. The van der Waals surface area contributed by atoms with E-state index in [4.69, 9.17) is 29.4 Å². The van der Waals surface area contributed by atoms with Crippen molar-refractivity contribution in [3.8, 4) is 0 Å². The highest BCUT2D eigenvalue weighted by Gasteiger charge is 1.92. The van der Waals surface area contributed by atoms with Crippen LogP contribution in [-0.4, -0.2) is 29.4 Å². The van der Waals surface area contributed by atoms with Crippen LogP contribution in [0.1, 0.15) is 46.5 Å². The summed E-state index contributed by atoms with van der Waals surface area (Å²) in [4.78, 5) is 45.3. The van der Waals surface area contributed by atoms with Crippen molar-refractivity contribution in [1.82, 2.24) is 0 Å². The average molecular weight is 342 g/mol. The maximum Gasteiger partial charge on any atom is 0.319 e. The Morgan fingerprint density at radius 1 is 0.833 bits per heavy atom. The summed E-state index contributed by atoms with van der Waals surface area (Å²) in [5, 5.41) is 0. The van der Waals surface area contributed by atoms with E-state index in [2.05, 4.69) is 44.4 Å². The van der Waals surface area contributed by atoms with E-state index in [0.29, 0.717) is 0 Å². The average Bonchev–Trinajstić information content (AvgIpc) is 1.97. The Balaban J connectivity index is -0.000000197. The third-order valence-electron chi connectivity index (χ3n) is 1.39. The van der Waals surface area contributed by atoms with Crippen LogP contribution in [0.2, 0.25) is 0 Å². The van der Waals surface area contributed by atoms with E-state index in [-0.39, 0.29) is 0 Å². The van der Waals surface area contributed by atoms with Crippen LogP contribution in [0.4, 0.5) is 0 Å². The Bertz CT molecular complexity index is 226. The SMILES string of the molecule is CCCCCC(C)C.OP(O)(O)=S.OP(O)(O)=S. The summed E-state index contributed by atoms with van der Waals surface area (Å²) in [5.41, 5.74) is 0. The quantitative estimate of drug-likeness (QED) is 0.337. The lowest BCUT2D eigenvalue weighted by atomic mass is 10.1. The first kappa shape index (κ1) is 24.1. The summed E-state index contributed by atoms with van der Waals surface area (Å²) >= 11 is 7.21. The van der Waals surface area contributed by atoms with Gasteiger partial charge in [0.05, 0.1) is 0 Å². The summed E-state index contributed by atoms with van der Waals surface area (Å²) in [6.45, 7) is -0.786. The van der Waals surface area contributed by atoms with Gasteiger partial charge in [-0.1, -0.05) is 46.5 Å². The second-order valence-electron chi connectivity index (χ2n) is 3.92. The fourth-order valence-electron chi connectivity index (χ4n) is 0.803. The van der Waals surface area contributed by atoms with Gasteiger partial charge in [0.1, 0.15) is 0 Å². The highest BCUT2D eigenvalue weighted by molar-refractivity contribution is 8.06. The molecular formula is C8H24O6P2S2. The van der Waals surface area contributed by atoms with Gasteiger partial charge in [0.15, 0.2) is 0 Å². The van der Waals surface area contributed by atoms with E-state index in [9.17, 15) is 0 Å². The lowest BCUT2D eigenvalue weighted by Gasteiger charge is -2.00. The van der Waals surface area contributed by atoms with Gasteiger partial charge < -0.3 is 29.4 Å². The molecule has 0 aliphatic carbocycles. The molecule has 0 radical (unpaired) electrons. The standard InChI is InChI=1S/C8H18.2H3O3PS/c1-4-5-6-7-8(2)3;2*1-4(2,3)5/h8H,4-7H2,1-3H3;2*(H3,1,2,3,5). The molecule has 0 bridgehead atoms. The molecule has 6 N–H and O–H groups in total. The Hall–Kier alpha value is 1.06. The topological polar surface area (TPSA) is 121 Å². The summed E-state index contributed by atoms with van der Waals surface area (Å²) in [6.07, 6.45) is 5.60. The molecule has 0 aliphatic rings. The fraction of sp³-hybridized carbons (Fsp3) is 1.00. The molecule has 114 valence electrons.